The molecule has 2 rings (SSSR count). The van der Waals surface area contributed by atoms with Crippen molar-refractivity contribution in [2.45, 2.75) is 0 Å². The van der Waals surface area contributed by atoms with Crippen molar-refractivity contribution in [1.29, 1.82) is 0 Å². The number of halogens is 1. The van der Waals surface area contributed by atoms with E-state index in [1.54, 1.807) is 0 Å². The molecule has 0 heterocycles. The first-order valence-electron chi connectivity index (χ1n) is 4.71. The van der Waals surface area contributed by atoms with Crippen molar-refractivity contribution in [3.63, 3.8) is 0 Å². The Morgan fingerprint density at radius 1 is 1.13 bits per heavy atom. The molecular formula is C13H11BrO. The van der Waals surface area contributed by atoms with E-state index in [1.807, 2.05) is 24.3 Å². The van der Waals surface area contributed by atoms with E-state index in [2.05, 4.69) is 40.7 Å². The number of rotatable bonds is 3. The van der Waals surface area contributed by atoms with E-state index in [1.165, 1.54) is 5.39 Å². The van der Waals surface area contributed by atoms with Crippen molar-refractivity contribution >= 4 is 26.7 Å². The molecule has 2 aromatic carbocycles. The summed E-state index contributed by atoms with van der Waals surface area (Å²) in [5.41, 5.74) is 0. The lowest BCUT2D eigenvalue weighted by Crippen LogP contribution is -1.96. The average Bonchev–Trinajstić information content (AvgIpc) is 2.26. The molecule has 0 atom stereocenters. The van der Waals surface area contributed by atoms with Crippen molar-refractivity contribution in [2.24, 2.45) is 0 Å². The highest BCUT2D eigenvalue weighted by Gasteiger charge is 2.00. The summed E-state index contributed by atoms with van der Waals surface area (Å²) >= 11 is 3.28. The largest absolute Gasteiger partial charge is 0.488 e. The summed E-state index contributed by atoms with van der Waals surface area (Å²) in [5.74, 6) is 0.897. The standard InChI is InChI=1S/C13H11BrO/c1-10(14)9-15-13-8-4-6-11-5-2-3-7-12(11)13/h2-8H,1,9H2. The minimum atomic E-state index is 0.494. The Morgan fingerprint density at radius 2 is 1.87 bits per heavy atom. The van der Waals surface area contributed by atoms with Gasteiger partial charge in [0.05, 0.1) is 0 Å². The van der Waals surface area contributed by atoms with Gasteiger partial charge in [0.15, 0.2) is 0 Å². The Labute approximate surface area is 97.5 Å². The fraction of sp³-hybridized carbons (Fsp3) is 0.0769. The molecule has 0 saturated heterocycles. The SMILES string of the molecule is C=C(Br)COc1cccc2ccccc12. The molecule has 76 valence electrons. The molecule has 0 aliphatic heterocycles. The highest BCUT2D eigenvalue weighted by molar-refractivity contribution is 9.11. The van der Waals surface area contributed by atoms with E-state index in [9.17, 15) is 0 Å². The van der Waals surface area contributed by atoms with E-state index in [0.717, 1.165) is 15.6 Å². The summed E-state index contributed by atoms with van der Waals surface area (Å²) in [6, 6.07) is 14.2. The van der Waals surface area contributed by atoms with E-state index in [-0.39, 0.29) is 0 Å². The number of hydrogen-bond donors (Lipinski definition) is 0. The van der Waals surface area contributed by atoms with E-state index in [0.29, 0.717) is 6.61 Å². The van der Waals surface area contributed by atoms with Crippen molar-refractivity contribution in [2.75, 3.05) is 6.61 Å². The third-order valence-electron chi connectivity index (χ3n) is 2.13. The summed E-state index contributed by atoms with van der Waals surface area (Å²) in [6.45, 7) is 4.24. The zero-order chi connectivity index (χ0) is 10.7. The number of fused-ring (bicyclic) bond motifs is 1. The monoisotopic (exact) mass is 262 g/mol. The lowest BCUT2D eigenvalue weighted by Gasteiger charge is -2.08. The molecule has 0 unspecified atom stereocenters. The minimum Gasteiger partial charge on any atom is -0.488 e. The van der Waals surface area contributed by atoms with Gasteiger partial charge in [-0.1, -0.05) is 58.9 Å². The van der Waals surface area contributed by atoms with Gasteiger partial charge in [0.1, 0.15) is 12.4 Å². The maximum atomic E-state index is 5.63. The van der Waals surface area contributed by atoms with Crippen LogP contribution in [0.4, 0.5) is 0 Å². The molecule has 0 spiro atoms. The molecule has 0 amide bonds. The second-order valence-electron chi connectivity index (χ2n) is 3.28. The average molecular weight is 263 g/mol. The van der Waals surface area contributed by atoms with Gasteiger partial charge in [0.25, 0.3) is 0 Å². The number of hydrogen-bond acceptors (Lipinski definition) is 1. The summed E-state index contributed by atoms with van der Waals surface area (Å²) in [7, 11) is 0. The van der Waals surface area contributed by atoms with Crippen LogP contribution in [0.25, 0.3) is 10.8 Å². The third-order valence-corrected chi connectivity index (χ3v) is 2.36. The normalized spacial score (nSPS) is 10.2. The molecule has 15 heavy (non-hydrogen) atoms. The van der Waals surface area contributed by atoms with E-state index in [4.69, 9.17) is 4.74 Å². The second-order valence-corrected chi connectivity index (χ2v) is 4.40. The Hall–Kier alpha value is -1.28. The van der Waals surface area contributed by atoms with Crippen LogP contribution in [0, 0.1) is 0 Å². The molecule has 2 heteroatoms. The molecule has 1 nitrogen and oxygen atoms in total. The highest BCUT2D eigenvalue weighted by atomic mass is 79.9. The zero-order valence-corrected chi connectivity index (χ0v) is 9.83. The Morgan fingerprint density at radius 3 is 2.67 bits per heavy atom. The highest BCUT2D eigenvalue weighted by Crippen LogP contribution is 2.25. The minimum absolute atomic E-state index is 0.494. The first kappa shape index (κ1) is 10.2. The summed E-state index contributed by atoms with van der Waals surface area (Å²) in [4.78, 5) is 0. The van der Waals surface area contributed by atoms with Crippen molar-refractivity contribution in [3.8, 4) is 5.75 Å². The lowest BCUT2D eigenvalue weighted by molar-refractivity contribution is 0.365. The second kappa shape index (κ2) is 4.49. The van der Waals surface area contributed by atoms with Crippen LogP contribution in [-0.4, -0.2) is 6.61 Å². The molecule has 0 radical (unpaired) electrons. The van der Waals surface area contributed by atoms with Crippen molar-refractivity contribution in [3.05, 3.63) is 53.5 Å². The van der Waals surface area contributed by atoms with Crippen LogP contribution in [0.1, 0.15) is 0 Å². The molecule has 0 aliphatic rings. The van der Waals surface area contributed by atoms with Gasteiger partial charge in [-0.05, 0) is 11.5 Å². The molecule has 0 saturated carbocycles. The fourth-order valence-electron chi connectivity index (χ4n) is 1.48. The quantitative estimate of drug-likeness (QED) is 0.809. The van der Waals surface area contributed by atoms with Crippen LogP contribution in [-0.2, 0) is 0 Å². The van der Waals surface area contributed by atoms with Gasteiger partial charge in [-0.2, -0.15) is 0 Å². The molecule has 0 aliphatic carbocycles. The summed E-state index contributed by atoms with van der Waals surface area (Å²) in [6.07, 6.45) is 0. The topological polar surface area (TPSA) is 9.23 Å². The molecule has 2 aromatic rings. The molecule has 0 N–H and O–H groups in total. The molecular weight excluding hydrogens is 252 g/mol. The van der Waals surface area contributed by atoms with E-state index >= 15 is 0 Å². The Bertz CT molecular complexity index is 485. The predicted octanol–water partition coefficient (Wildman–Crippen LogP) is 4.13. The predicted molar refractivity (Wildman–Crippen MR) is 67.5 cm³/mol. The van der Waals surface area contributed by atoms with Crippen LogP contribution in [0.3, 0.4) is 0 Å². The van der Waals surface area contributed by atoms with Crippen LogP contribution < -0.4 is 4.74 Å². The van der Waals surface area contributed by atoms with Crippen molar-refractivity contribution < 1.29 is 4.74 Å². The fourth-order valence-corrected chi connectivity index (χ4v) is 1.59. The lowest BCUT2D eigenvalue weighted by atomic mass is 10.1. The van der Waals surface area contributed by atoms with E-state index < -0.39 is 0 Å². The Balaban J connectivity index is 2.38. The van der Waals surface area contributed by atoms with Crippen molar-refractivity contribution in [1.82, 2.24) is 0 Å². The van der Waals surface area contributed by atoms with Gasteiger partial charge in [0, 0.05) is 9.87 Å². The van der Waals surface area contributed by atoms with Gasteiger partial charge in [-0.25, -0.2) is 0 Å². The molecule has 0 aromatic heterocycles. The van der Waals surface area contributed by atoms with Crippen LogP contribution in [0.15, 0.2) is 53.5 Å². The van der Waals surface area contributed by atoms with Crippen LogP contribution in [0.2, 0.25) is 0 Å². The van der Waals surface area contributed by atoms with Gasteiger partial charge in [0.2, 0.25) is 0 Å². The van der Waals surface area contributed by atoms with Gasteiger partial charge >= 0.3 is 0 Å². The van der Waals surface area contributed by atoms with Crippen LogP contribution in [0.5, 0.6) is 5.75 Å². The summed E-state index contributed by atoms with van der Waals surface area (Å²) < 4.78 is 6.48. The molecule has 0 bridgehead atoms. The Kier molecular flexibility index (Phi) is 3.07. The maximum Gasteiger partial charge on any atom is 0.127 e. The third kappa shape index (κ3) is 2.39. The van der Waals surface area contributed by atoms with Gasteiger partial charge in [-0.15, -0.1) is 0 Å². The van der Waals surface area contributed by atoms with Gasteiger partial charge in [-0.3, -0.25) is 0 Å². The number of ether oxygens (including phenoxy) is 1. The first-order chi connectivity index (χ1) is 7.27. The van der Waals surface area contributed by atoms with Gasteiger partial charge < -0.3 is 4.74 Å². The number of benzene rings is 2. The van der Waals surface area contributed by atoms with Crippen LogP contribution >= 0.6 is 15.9 Å². The maximum absolute atomic E-state index is 5.63. The molecule has 0 fully saturated rings. The summed E-state index contributed by atoms with van der Waals surface area (Å²) in [5, 5.41) is 2.32. The zero-order valence-electron chi connectivity index (χ0n) is 8.24. The smallest absolute Gasteiger partial charge is 0.127 e. The first-order valence-corrected chi connectivity index (χ1v) is 5.50.